The third-order valence-electron chi connectivity index (χ3n) is 3.96. The molecule has 2 aromatic carbocycles. The summed E-state index contributed by atoms with van der Waals surface area (Å²) in [7, 11) is 0. The van der Waals surface area contributed by atoms with E-state index in [0.717, 1.165) is 4.90 Å². The van der Waals surface area contributed by atoms with Crippen LogP contribution in [0.3, 0.4) is 0 Å². The van der Waals surface area contributed by atoms with E-state index in [0.29, 0.717) is 34.7 Å². The SMILES string of the molecule is O=C(CN1C(=O)c2ccccc2C1=O)NCCSCc1ccccc1F. The minimum absolute atomic E-state index is 0.241. The van der Waals surface area contributed by atoms with Crippen molar-refractivity contribution < 1.29 is 18.8 Å². The van der Waals surface area contributed by atoms with Crippen molar-refractivity contribution in [2.24, 2.45) is 0 Å². The molecule has 0 saturated heterocycles. The number of thioether (sulfide) groups is 1. The molecule has 0 radical (unpaired) electrons. The van der Waals surface area contributed by atoms with Crippen molar-refractivity contribution in [3.05, 3.63) is 71.0 Å². The molecule has 1 N–H and O–H groups in total. The van der Waals surface area contributed by atoms with Crippen LogP contribution in [0.1, 0.15) is 26.3 Å². The van der Waals surface area contributed by atoms with Crippen molar-refractivity contribution in [3.8, 4) is 0 Å². The molecule has 0 spiro atoms. The Morgan fingerprint density at radius 1 is 1.00 bits per heavy atom. The fourth-order valence-corrected chi connectivity index (χ4v) is 3.49. The first kappa shape index (κ1) is 18.1. The minimum atomic E-state index is -0.449. The first-order valence-corrected chi connectivity index (χ1v) is 9.26. The average Bonchev–Trinajstić information content (AvgIpc) is 2.88. The number of hydrogen-bond acceptors (Lipinski definition) is 4. The first-order chi connectivity index (χ1) is 12.6. The number of carbonyl (C=O) groups excluding carboxylic acids is 3. The monoisotopic (exact) mass is 372 g/mol. The second kappa shape index (κ2) is 8.14. The number of nitrogens with zero attached hydrogens (tertiary/aromatic N) is 1. The number of rotatable bonds is 7. The largest absolute Gasteiger partial charge is 0.354 e. The zero-order chi connectivity index (χ0) is 18.5. The summed E-state index contributed by atoms with van der Waals surface area (Å²) in [6.45, 7) is 0.0748. The fraction of sp³-hybridized carbons (Fsp3) is 0.211. The Kier molecular flexibility index (Phi) is 5.68. The maximum atomic E-state index is 13.5. The molecule has 0 bridgehead atoms. The van der Waals surface area contributed by atoms with E-state index >= 15 is 0 Å². The summed E-state index contributed by atoms with van der Waals surface area (Å²) in [4.78, 5) is 37.3. The smallest absolute Gasteiger partial charge is 0.262 e. The van der Waals surface area contributed by atoms with E-state index < -0.39 is 17.7 Å². The van der Waals surface area contributed by atoms with Crippen LogP contribution in [0.5, 0.6) is 0 Å². The summed E-state index contributed by atoms with van der Waals surface area (Å²) in [5, 5.41) is 2.68. The highest BCUT2D eigenvalue weighted by atomic mass is 32.2. The van der Waals surface area contributed by atoms with Crippen LogP contribution < -0.4 is 5.32 Å². The zero-order valence-electron chi connectivity index (χ0n) is 13.9. The van der Waals surface area contributed by atoms with Gasteiger partial charge in [0, 0.05) is 18.1 Å². The predicted molar refractivity (Wildman–Crippen MR) is 97.4 cm³/mol. The first-order valence-electron chi connectivity index (χ1n) is 8.11. The van der Waals surface area contributed by atoms with E-state index in [2.05, 4.69) is 5.32 Å². The number of fused-ring (bicyclic) bond motifs is 1. The van der Waals surface area contributed by atoms with Crippen molar-refractivity contribution in [1.29, 1.82) is 0 Å². The molecule has 134 valence electrons. The Labute approximate surface area is 154 Å². The Balaban J connectivity index is 1.42. The Bertz CT molecular complexity index is 821. The molecule has 0 atom stereocenters. The van der Waals surface area contributed by atoms with Gasteiger partial charge in [-0.1, -0.05) is 30.3 Å². The van der Waals surface area contributed by atoms with E-state index in [4.69, 9.17) is 0 Å². The molecule has 0 aliphatic carbocycles. The summed E-state index contributed by atoms with van der Waals surface area (Å²) in [5.41, 5.74) is 1.27. The number of benzene rings is 2. The van der Waals surface area contributed by atoms with Gasteiger partial charge in [-0.2, -0.15) is 11.8 Å². The van der Waals surface area contributed by atoms with Crippen LogP contribution in [-0.2, 0) is 10.5 Å². The lowest BCUT2D eigenvalue weighted by atomic mass is 10.1. The van der Waals surface area contributed by atoms with Crippen LogP contribution in [0.15, 0.2) is 48.5 Å². The van der Waals surface area contributed by atoms with Gasteiger partial charge in [-0.3, -0.25) is 19.3 Å². The number of carbonyl (C=O) groups is 3. The molecule has 1 aliphatic rings. The van der Waals surface area contributed by atoms with Crippen molar-refractivity contribution in [1.82, 2.24) is 10.2 Å². The summed E-state index contributed by atoms with van der Waals surface area (Å²) >= 11 is 1.49. The maximum Gasteiger partial charge on any atom is 0.262 e. The lowest BCUT2D eigenvalue weighted by molar-refractivity contribution is -0.121. The summed E-state index contributed by atoms with van der Waals surface area (Å²) in [5.74, 6) is -0.423. The van der Waals surface area contributed by atoms with Crippen molar-refractivity contribution in [2.75, 3.05) is 18.8 Å². The van der Waals surface area contributed by atoms with E-state index in [1.165, 1.54) is 17.8 Å². The number of nitrogens with one attached hydrogen (secondary N) is 1. The number of amides is 3. The highest BCUT2D eigenvalue weighted by molar-refractivity contribution is 7.98. The van der Waals surface area contributed by atoms with Gasteiger partial charge in [-0.15, -0.1) is 0 Å². The predicted octanol–water partition coefficient (Wildman–Crippen LogP) is 2.47. The molecule has 5 nitrogen and oxygen atoms in total. The summed E-state index contributed by atoms with van der Waals surface area (Å²) in [6, 6.07) is 13.1. The molecule has 1 aliphatic heterocycles. The molecular weight excluding hydrogens is 355 g/mol. The number of imide groups is 1. The molecule has 26 heavy (non-hydrogen) atoms. The van der Waals surface area contributed by atoms with Gasteiger partial charge in [0.25, 0.3) is 11.8 Å². The van der Waals surface area contributed by atoms with Crippen LogP contribution in [0, 0.1) is 5.82 Å². The van der Waals surface area contributed by atoms with Crippen molar-refractivity contribution in [3.63, 3.8) is 0 Å². The maximum absolute atomic E-state index is 13.5. The third kappa shape index (κ3) is 3.94. The number of halogens is 1. The molecule has 7 heteroatoms. The minimum Gasteiger partial charge on any atom is -0.354 e. The molecule has 3 amide bonds. The standard InChI is InChI=1S/C19H17FN2O3S/c20-16-8-4-1-5-13(16)12-26-10-9-21-17(23)11-22-18(24)14-6-2-3-7-15(14)19(22)25/h1-8H,9-12H2,(H,21,23). The van der Waals surface area contributed by atoms with Crippen LogP contribution in [-0.4, -0.2) is 41.5 Å². The van der Waals surface area contributed by atoms with E-state index in [1.807, 2.05) is 0 Å². The normalized spacial score (nSPS) is 13.0. The van der Waals surface area contributed by atoms with Crippen LogP contribution >= 0.6 is 11.8 Å². The zero-order valence-corrected chi connectivity index (χ0v) is 14.7. The van der Waals surface area contributed by atoms with E-state index in [9.17, 15) is 18.8 Å². The Morgan fingerprint density at radius 2 is 1.62 bits per heavy atom. The molecule has 2 aromatic rings. The van der Waals surface area contributed by atoms with Crippen molar-refractivity contribution >= 4 is 29.5 Å². The quantitative estimate of drug-likeness (QED) is 0.599. The third-order valence-corrected chi connectivity index (χ3v) is 4.97. The summed E-state index contributed by atoms with van der Waals surface area (Å²) in [6.07, 6.45) is 0. The Hall–Kier alpha value is -2.67. The van der Waals surface area contributed by atoms with Crippen LogP contribution in [0.2, 0.25) is 0 Å². The van der Waals surface area contributed by atoms with Gasteiger partial charge in [0.15, 0.2) is 0 Å². The molecule has 0 fully saturated rings. The van der Waals surface area contributed by atoms with Gasteiger partial charge in [0.2, 0.25) is 5.91 Å². The van der Waals surface area contributed by atoms with Gasteiger partial charge in [-0.25, -0.2) is 4.39 Å². The van der Waals surface area contributed by atoms with Gasteiger partial charge in [-0.05, 0) is 23.8 Å². The molecule has 1 heterocycles. The lowest BCUT2D eigenvalue weighted by Gasteiger charge is -2.13. The van der Waals surface area contributed by atoms with Crippen LogP contribution in [0.4, 0.5) is 4.39 Å². The molecular formula is C19H17FN2O3S. The molecule has 3 rings (SSSR count). The molecule has 0 saturated carbocycles. The second-order valence-corrected chi connectivity index (χ2v) is 6.84. The van der Waals surface area contributed by atoms with Gasteiger partial charge in [0.1, 0.15) is 12.4 Å². The van der Waals surface area contributed by atoms with E-state index in [1.54, 1.807) is 42.5 Å². The topological polar surface area (TPSA) is 66.5 Å². The van der Waals surface area contributed by atoms with Gasteiger partial charge >= 0.3 is 0 Å². The van der Waals surface area contributed by atoms with E-state index in [-0.39, 0.29) is 12.4 Å². The second-order valence-electron chi connectivity index (χ2n) is 5.74. The highest BCUT2D eigenvalue weighted by Gasteiger charge is 2.36. The molecule has 0 aromatic heterocycles. The lowest BCUT2D eigenvalue weighted by Crippen LogP contribution is -2.40. The van der Waals surface area contributed by atoms with Crippen molar-refractivity contribution in [2.45, 2.75) is 5.75 Å². The highest BCUT2D eigenvalue weighted by Crippen LogP contribution is 2.21. The number of hydrogen-bond donors (Lipinski definition) is 1. The van der Waals surface area contributed by atoms with Crippen LogP contribution in [0.25, 0.3) is 0 Å². The fourth-order valence-electron chi connectivity index (χ4n) is 2.64. The van der Waals surface area contributed by atoms with Gasteiger partial charge in [0.05, 0.1) is 11.1 Å². The molecule has 0 unspecified atom stereocenters. The Morgan fingerprint density at radius 3 is 2.27 bits per heavy atom. The average molecular weight is 372 g/mol. The van der Waals surface area contributed by atoms with Gasteiger partial charge < -0.3 is 5.32 Å². The summed E-state index contributed by atoms with van der Waals surface area (Å²) < 4.78 is 13.5.